The van der Waals surface area contributed by atoms with E-state index in [2.05, 4.69) is 63.1 Å². The van der Waals surface area contributed by atoms with Crippen LogP contribution in [0.2, 0.25) is 0 Å². The highest BCUT2D eigenvalue weighted by Crippen LogP contribution is 2.30. The van der Waals surface area contributed by atoms with Gasteiger partial charge in [0.2, 0.25) is 100 Å². The third-order valence-electron chi connectivity index (χ3n) is 25.4. The minimum atomic E-state index is -1.82. The number of primary amides is 2. The van der Waals surface area contributed by atoms with E-state index in [-0.39, 0.29) is 122 Å². The molecule has 9 rings (SSSR count). The van der Waals surface area contributed by atoms with Crippen molar-refractivity contribution in [1.29, 1.82) is 0 Å². The summed E-state index contributed by atoms with van der Waals surface area (Å²) in [6.45, 7) is 2.98. The van der Waals surface area contributed by atoms with Gasteiger partial charge in [-0.05, 0) is 137 Å². The molecule has 45 nitrogen and oxygen atoms in total. The normalized spacial score (nSPS) is 24.6. The Balaban J connectivity index is 1.13. The lowest BCUT2D eigenvalue weighted by molar-refractivity contribution is -0.149. The van der Waals surface area contributed by atoms with Gasteiger partial charge in [0.05, 0.1) is 24.8 Å². The van der Waals surface area contributed by atoms with Gasteiger partial charge in [0.15, 0.2) is 0 Å². The van der Waals surface area contributed by atoms with Crippen LogP contribution in [0, 0.1) is 0 Å². The second kappa shape index (κ2) is 53.5. The number of aliphatic imine (C=N–C) groups is 1. The molecule has 15 atom stereocenters. The number of aliphatic hydroxyl groups excluding tert-OH is 1. The number of carbonyl (C=O) groups excluding carboxylic acids is 17. The number of para-hydroxylation sites is 2. The second-order valence-corrected chi connectivity index (χ2v) is 36.9. The zero-order chi connectivity index (χ0) is 103. The number of aliphatic carboxylic acids is 2. The summed E-state index contributed by atoms with van der Waals surface area (Å²) in [7, 11) is 3.78. The number of fused-ring (bicyclic) bond motifs is 4. The maximum atomic E-state index is 16.1. The number of nitrogens with zero attached hydrogens (tertiary/aromatic N) is 7. The van der Waals surface area contributed by atoms with Crippen LogP contribution in [0.15, 0.2) is 102 Å². The first-order valence-corrected chi connectivity index (χ1v) is 48.6. The molecule has 3 aromatic carbocycles. The summed E-state index contributed by atoms with van der Waals surface area (Å²) in [5, 5.41) is 69.6. The van der Waals surface area contributed by atoms with E-state index in [0.717, 1.165) is 24.5 Å². The number of hydrogen-bond donors (Lipinski definition) is 19. The fraction of sp³-hybridized carbons (Fsp3) is 0.537. The highest BCUT2D eigenvalue weighted by molar-refractivity contribution is 8.00. The number of nitrogens with one attached hydrogen (secondary N) is 11. The van der Waals surface area contributed by atoms with Gasteiger partial charge in [-0.25, -0.2) is 0 Å². The Morgan fingerprint density at radius 2 is 1.10 bits per heavy atom. The Kier molecular flexibility index (Phi) is 42.0. The van der Waals surface area contributed by atoms with Gasteiger partial charge in [0.1, 0.15) is 96.9 Å². The zero-order valence-electron chi connectivity index (χ0n) is 80.0. The number of amides is 17. The number of H-pyrrole nitrogens is 1. The topological polar surface area (TPSA) is 679 Å². The maximum Gasteiger partial charge on any atom is 0.323 e. The van der Waals surface area contributed by atoms with Crippen molar-refractivity contribution in [2.24, 2.45) is 27.9 Å². The number of nitrogens with two attached hydrogens (primary N) is 4. The molecule has 23 N–H and O–H groups in total. The first-order valence-electron chi connectivity index (χ1n) is 47.4. The average Bonchev–Trinajstić information content (AvgIpc) is 1.66. The number of aromatic nitrogens is 2. The molecule has 0 saturated carbocycles. The molecule has 0 spiro atoms. The second-order valence-electron chi connectivity index (χ2n) is 35.9. The van der Waals surface area contributed by atoms with Crippen molar-refractivity contribution in [3.63, 3.8) is 0 Å². The van der Waals surface area contributed by atoms with Crippen LogP contribution in [-0.4, -0.2) is 329 Å². The molecular weight excluding hydrogens is 1850 g/mol. The van der Waals surface area contributed by atoms with Crippen LogP contribution >= 0.6 is 11.8 Å². The number of benzene rings is 3. The standard InChI is InChI=1S/C95H132N22O23S/c1-7-9-24-73-88(133)105-64(32-33-80(123)124)85(130)111-71(83(128)102-47-78(99)121)51-141-52-79(122)103-68(39-54-28-30-58(118)31-29-54)91(136)112(4)53(3)82(127)109-70(44-77(98)120)94(139)116-38-18-27-74(116)89(134)107-66(40-55-34-37-100-45-55)86(131)106-65(23-17-36-97)93(138)117-49-59(119)43-76(117)90(135)108-67(41-56-46-101-62-21-13-11-19-60(56)62)87(132)104-63(22-15-16-35-96)84(129)110-69(92(137)114(6)75(25-10-8-2)95(140)113(73)5)42-57-48-115(50-81(125)126)72-26-14-12-20-61(57)72/h11-14,19-21,26,28-31,37,45-46,48,53,59,63-71,73-76,101,118-119H,7-10,15-18,22-25,27,32-36,38-44,47,49-52,96-97H2,1-6H3,(H2,98,120)(H2,99,121)(H,102,128)(H,103,122)(H,104,132)(H,105,133)(H,106,131)(H,107,134)(H,108,135)(H,109,127)(H,110,129)(H,111,130)(H,123,124)(H,125,126)/t53-,59+,63-,64-,65-,66-,67-,68-,69-,70-,71-,73-,74-,75-,76-/m0/s1. The van der Waals surface area contributed by atoms with Crippen molar-refractivity contribution < 1.29 is 112 Å². The number of likely N-dealkylation sites (N-methyl/N-ethyl adjacent to an activating group) is 3. The molecular formula is C95H132N22O23S. The molecule has 0 radical (unpaired) electrons. The monoisotopic (exact) mass is 1980 g/mol. The lowest BCUT2D eigenvalue weighted by Crippen LogP contribution is -2.61. The number of hydrogen-bond acceptors (Lipinski definition) is 25. The fourth-order valence-electron chi connectivity index (χ4n) is 17.6. The molecule has 17 amide bonds. The summed E-state index contributed by atoms with van der Waals surface area (Å²) >= 11 is 0.699. The predicted molar refractivity (Wildman–Crippen MR) is 517 cm³/mol. The Bertz CT molecular complexity index is 5420. The quantitative estimate of drug-likeness (QED) is 0.0210. The number of carboxylic acids is 2. The van der Waals surface area contributed by atoms with Gasteiger partial charge >= 0.3 is 11.9 Å². The summed E-state index contributed by atoms with van der Waals surface area (Å²) < 4.78 is 1.43. The van der Waals surface area contributed by atoms with Gasteiger partial charge in [-0.1, -0.05) is 88.1 Å². The van der Waals surface area contributed by atoms with Crippen LogP contribution < -0.4 is 76.1 Å². The van der Waals surface area contributed by atoms with E-state index in [4.69, 9.17) is 22.9 Å². The Morgan fingerprint density at radius 3 is 1.75 bits per heavy atom. The Morgan fingerprint density at radius 1 is 0.532 bits per heavy atom. The fourth-order valence-corrected chi connectivity index (χ4v) is 18.5. The first-order chi connectivity index (χ1) is 67.2. The molecule has 0 aliphatic carbocycles. The number of carboxylic acid groups (broad SMARTS) is 2. The SMILES string of the molecule is CCCC[C@H]1C(=O)N(C)[C@@H](CCCC)C(=O)N[C@@H](CCC(=O)O)C(=O)N[C@H](C(=O)NCC(N)=O)CSCC(=O)N[C@@H](Cc2ccc(O)cc2)C(=O)N(C)[C@@H](C)C(=O)N[C@@H](CC(N)=O)C(=O)N2CCC[C@H]2C(=O)N[C@@H](CC2=CN=CC2)C(=O)N[C@@H](CCCN)C(=O)N2C[C@H](O)C[C@H]2C(=O)N[C@@H](Cc2c[nH]c3ccccc23)C(=O)N[C@@H](CCCCN)C(=O)N[C@@H](Cc2cn(CC(=O)O)c3ccccc23)C(=O)N1C. The van der Waals surface area contributed by atoms with E-state index in [1.165, 1.54) is 69.3 Å². The van der Waals surface area contributed by atoms with Gasteiger partial charge < -0.3 is 131 Å². The van der Waals surface area contributed by atoms with Crippen molar-refractivity contribution in [2.45, 2.75) is 259 Å². The number of phenolic OH excluding ortho intramolecular Hbond substituents is 1. The van der Waals surface area contributed by atoms with Crippen LogP contribution in [0.5, 0.6) is 5.75 Å². The number of phenols is 1. The summed E-state index contributed by atoms with van der Waals surface area (Å²) in [6.07, 6.45) is 2.58. The van der Waals surface area contributed by atoms with E-state index in [1.807, 2.05) is 6.92 Å². The van der Waals surface area contributed by atoms with Crippen LogP contribution in [-0.2, 0) is 117 Å². The van der Waals surface area contributed by atoms with Gasteiger partial charge in [-0.15, -0.1) is 11.8 Å². The number of rotatable bonds is 31. The minimum Gasteiger partial charge on any atom is -0.508 e. The lowest BCUT2D eigenvalue weighted by atomic mass is 9.99. The van der Waals surface area contributed by atoms with Crippen molar-refractivity contribution in [1.82, 2.24) is 87.2 Å². The third kappa shape index (κ3) is 31.3. The van der Waals surface area contributed by atoms with Gasteiger partial charge in [-0.3, -0.25) is 96.1 Å². The molecule has 3 saturated heterocycles. The average molecular weight is 1980 g/mol. The summed E-state index contributed by atoms with van der Waals surface area (Å²) in [5.74, 6) is -20.6. The lowest BCUT2D eigenvalue weighted by Gasteiger charge is -2.36. The van der Waals surface area contributed by atoms with E-state index in [9.17, 15) is 73.2 Å². The number of aromatic hydroxyl groups is 1. The molecule has 0 unspecified atom stereocenters. The van der Waals surface area contributed by atoms with Crippen molar-refractivity contribution >= 4 is 152 Å². The van der Waals surface area contributed by atoms with Crippen molar-refractivity contribution in [2.75, 3.05) is 65.4 Å². The number of unbranched alkanes of at least 4 members (excludes halogenated alkanes) is 3. The minimum absolute atomic E-state index is 0.0265. The predicted octanol–water partition coefficient (Wildman–Crippen LogP) is -2.16. The molecule has 6 heterocycles. The van der Waals surface area contributed by atoms with E-state index in [0.29, 0.717) is 68.7 Å². The molecule has 46 heteroatoms. The maximum absolute atomic E-state index is 16.1. The summed E-state index contributed by atoms with van der Waals surface area (Å²) in [6, 6.07) is -3.23. The molecule has 141 heavy (non-hydrogen) atoms. The van der Waals surface area contributed by atoms with Crippen LogP contribution in [0.1, 0.15) is 159 Å². The van der Waals surface area contributed by atoms with Crippen molar-refractivity contribution in [3.05, 3.63) is 114 Å². The Labute approximate surface area is 818 Å². The van der Waals surface area contributed by atoms with Crippen LogP contribution in [0.3, 0.4) is 0 Å². The number of carbonyl (C=O) groups is 19. The zero-order valence-corrected chi connectivity index (χ0v) is 80.8. The number of thioether (sulfide) groups is 1. The number of aromatic amines is 1. The van der Waals surface area contributed by atoms with E-state index in [1.54, 1.807) is 67.9 Å². The number of aliphatic hydroxyl groups is 1. The molecule has 2 aromatic heterocycles. The smallest absolute Gasteiger partial charge is 0.323 e. The first kappa shape index (κ1) is 111. The molecule has 3 fully saturated rings. The molecule has 5 aromatic rings. The largest absolute Gasteiger partial charge is 0.508 e. The highest BCUT2D eigenvalue weighted by Gasteiger charge is 2.47. The molecule has 0 bridgehead atoms. The highest BCUT2D eigenvalue weighted by atomic mass is 32.2. The molecule has 4 aliphatic rings. The van der Waals surface area contributed by atoms with Crippen LogP contribution in [0.4, 0.5) is 0 Å². The van der Waals surface area contributed by atoms with Gasteiger partial charge in [-0.2, -0.15) is 0 Å². The van der Waals surface area contributed by atoms with Gasteiger partial charge in [0, 0.05) is 125 Å². The molecule has 766 valence electrons. The van der Waals surface area contributed by atoms with Crippen LogP contribution in [0.25, 0.3) is 21.8 Å². The van der Waals surface area contributed by atoms with E-state index < -0.39 is 266 Å². The van der Waals surface area contributed by atoms with Crippen molar-refractivity contribution in [3.8, 4) is 5.75 Å². The summed E-state index contributed by atoms with van der Waals surface area (Å²) in [5.41, 5.74) is 26.0. The molecule has 4 aliphatic heterocycles. The summed E-state index contributed by atoms with van der Waals surface area (Å²) in [4.78, 5) is 290. The van der Waals surface area contributed by atoms with Gasteiger partial charge in [0.25, 0.3) is 0 Å². The third-order valence-corrected chi connectivity index (χ3v) is 26.5. The Hall–Kier alpha value is -13.9. The van der Waals surface area contributed by atoms with E-state index >= 15 is 38.4 Å².